The first-order chi connectivity index (χ1) is 9.13. The van der Waals surface area contributed by atoms with Gasteiger partial charge in [0.15, 0.2) is 0 Å². The van der Waals surface area contributed by atoms with Gasteiger partial charge in [0.2, 0.25) is 0 Å². The van der Waals surface area contributed by atoms with Gasteiger partial charge in [0.1, 0.15) is 11.6 Å². The van der Waals surface area contributed by atoms with Gasteiger partial charge in [-0.2, -0.15) is 0 Å². The maximum absolute atomic E-state index is 13.3. The van der Waals surface area contributed by atoms with Crippen LogP contribution in [0, 0.1) is 17.0 Å². The smallest absolute Gasteiger partial charge is 0.126 e. The third-order valence-corrected chi connectivity index (χ3v) is 4.35. The van der Waals surface area contributed by atoms with Gasteiger partial charge >= 0.3 is 0 Å². The molecule has 3 heteroatoms. The summed E-state index contributed by atoms with van der Waals surface area (Å²) < 4.78 is 26.6. The topological polar surface area (TPSA) is 26.0 Å². The largest absolute Gasteiger partial charge is 0.330 e. The predicted octanol–water partition coefficient (Wildman–Crippen LogP) is 4.20. The van der Waals surface area contributed by atoms with Crippen molar-refractivity contribution in [2.24, 2.45) is 11.1 Å². The van der Waals surface area contributed by atoms with E-state index in [0.29, 0.717) is 13.0 Å². The van der Waals surface area contributed by atoms with E-state index in [-0.39, 0.29) is 5.41 Å². The molecule has 0 spiro atoms. The molecule has 0 bridgehead atoms. The van der Waals surface area contributed by atoms with Gasteiger partial charge in [0, 0.05) is 6.07 Å². The van der Waals surface area contributed by atoms with Crippen LogP contribution in [0.25, 0.3) is 0 Å². The van der Waals surface area contributed by atoms with Crippen LogP contribution in [0.2, 0.25) is 0 Å². The maximum Gasteiger partial charge on any atom is 0.126 e. The SMILES string of the molecule is NCC1(Cc2cc(F)cc(F)c2)CCCCCCC1. The van der Waals surface area contributed by atoms with Crippen molar-refractivity contribution in [3.05, 3.63) is 35.4 Å². The second kappa shape index (κ2) is 6.47. The highest BCUT2D eigenvalue weighted by Crippen LogP contribution is 2.36. The fraction of sp³-hybridized carbons (Fsp3) is 0.625. The Hall–Kier alpha value is -0.960. The van der Waals surface area contributed by atoms with E-state index in [0.717, 1.165) is 24.5 Å². The minimum Gasteiger partial charge on any atom is -0.330 e. The zero-order valence-electron chi connectivity index (χ0n) is 11.4. The fourth-order valence-electron chi connectivity index (χ4n) is 3.25. The first kappa shape index (κ1) is 14.4. The molecule has 2 rings (SSSR count). The van der Waals surface area contributed by atoms with Crippen LogP contribution in [-0.2, 0) is 6.42 Å². The Kier molecular flexibility index (Phi) is 4.92. The third-order valence-electron chi connectivity index (χ3n) is 4.35. The highest BCUT2D eigenvalue weighted by Gasteiger charge is 2.29. The molecule has 1 fully saturated rings. The van der Waals surface area contributed by atoms with Crippen LogP contribution in [0.1, 0.15) is 50.5 Å². The normalized spacial score (nSPS) is 19.7. The standard InChI is InChI=1S/C16H23F2N/c17-14-8-13(9-15(18)10-14)11-16(12-19)6-4-2-1-3-5-7-16/h8-10H,1-7,11-12,19H2. The highest BCUT2D eigenvalue weighted by atomic mass is 19.1. The average molecular weight is 267 g/mol. The minimum absolute atomic E-state index is 0.0284. The molecule has 1 aliphatic rings. The quantitative estimate of drug-likeness (QED) is 0.872. The van der Waals surface area contributed by atoms with Gasteiger partial charge in [-0.3, -0.25) is 0 Å². The predicted molar refractivity (Wildman–Crippen MR) is 73.9 cm³/mol. The number of benzene rings is 1. The van der Waals surface area contributed by atoms with Gasteiger partial charge in [-0.25, -0.2) is 8.78 Å². The summed E-state index contributed by atoms with van der Waals surface area (Å²) in [5.74, 6) is -0.985. The Bertz CT molecular complexity index is 389. The second-order valence-corrected chi connectivity index (χ2v) is 5.93. The molecule has 1 aliphatic carbocycles. The van der Waals surface area contributed by atoms with Crippen molar-refractivity contribution in [2.75, 3.05) is 6.54 Å². The van der Waals surface area contributed by atoms with Crippen LogP contribution in [0.15, 0.2) is 18.2 Å². The fourth-order valence-corrected chi connectivity index (χ4v) is 3.25. The number of rotatable bonds is 3. The molecule has 106 valence electrons. The molecule has 2 N–H and O–H groups in total. The molecule has 0 amide bonds. The highest BCUT2D eigenvalue weighted by molar-refractivity contribution is 5.19. The summed E-state index contributed by atoms with van der Waals surface area (Å²) in [6.45, 7) is 0.602. The van der Waals surface area contributed by atoms with Crippen LogP contribution in [0.5, 0.6) is 0 Å². The van der Waals surface area contributed by atoms with Gasteiger partial charge in [0.05, 0.1) is 0 Å². The molecule has 1 nitrogen and oxygen atoms in total. The van der Waals surface area contributed by atoms with E-state index in [4.69, 9.17) is 5.73 Å². The average Bonchev–Trinajstić information content (AvgIpc) is 2.31. The summed E-state index contributed by atoms with van der Waals surface area (Å²) >= 11 is 0. The molecule has 0 aromatic heterocycles. The first-order valence-electron chi connectivity index (χ1n) is 7.29. The molecular weight excluding hydrogens is 244 g/mol. The van der Waals surface area contributed by atoms with Gasteiger partial charge in [-0.05, 0) is 48.9 Å². The van der Waals surface area contributed by atoms with Crippen molar-refractivity contribution in [2.45, 2.75) is 51.4 Å². The molecule has 0 saturated heterocycles. The van der Waals surface area contributed by atoms with E-state index in [2.05, 4.69) is 0 Å². The summed E-state index contributed by atoms with van der Waals surface area (Å²) in [7, 11) is 0. The molecule has 0 aliphatic heterocycles. The van der Waals surface area contributed by atoms with Crippen LogP contribution >= 0.6 is 0 Å². The number of hydrogen-bond donors (Lipinski definition) is 1. The number of halogens is 2. The number of hydrogen-bond acceptors (Lipinski definition) is 1. The summed E-state index contributed by atoms with van der Waals surface area (Å²) in [4.78, 5) is 0. The molecule has 0 unspecified atom stereocenters. The lowest BCUT2D eigenvalue weighted by Gasteiger charge is -2.34. The monoisotopic (exact) mass is 267 g/mol. The summed E-state index contributed by atoms with van der Waals surface area (Å²) in [5, 5.41) is 0. The van der Waals surface area contributed by atoms with Crippen LogP contribution in [0.3, 0.4) is 0 Å². The molecule has 1 aromatic carbocycles. The van der Waals surface area contributed by atoms with Crippen LogP contribution < -0.4 is 5.73 Å². The van der Waals surface area contributed by atoms with Crippen molar-refractivity contribution in [3.63, 3.8) is 0 Å². The zero-order chi connectivity index (χ0) is 13.7. The zero-order valence-corrected chi connectivity index (χ0v) is 11.4. The summed E-state index contributed by atoms with van der Waals surface area (Å²) in [6, 6.07) is 3.81. The van der Waals surface area contributed by atoms with Crippen molar-refractivity contribution < 1.29 is 8.78 Å². The lowest BCUT2D eigenvalue weighted by molar-refractivity contribution is 0.216. The van der Waals surface area contributed by atoms with E-state index >= 15 is 0 Å². The van der Waals surface area contributed by atoms with Gasteiger partial charge in [0.25, 0.3) is 0 Å². The maximum atomic E-state index is 13.3. The third kappa shape index (κ3) is 4.00. The second-order valence-electron chi connectivity index (χ2n) is 5.93. The lowest BCUT2D eigenvalue weighted by atomic mass is 9.72. The molecule has 0 atom stereocenters. The van der Waals surface area contributed by atoms with E-state index in [9.17, 15) is 8.78 Å². The van der Waals surface area contributed by atoms with E-state index in [1.54, 1.807) is 0 Å². The molecule has 0 radical (unpaired) electrons. The number of nitrogens with two attached hydrogens (primary N) is 1. The van der Waals surface area contributed by atoms with Gasteiger partial charge in [-0.15, -0.1) is 0 Å². The van der Waals surface area contributed by atoms with E-state index in [1.165, 1.54) is 44.2 Å². The molecule has 0 heterocycles. The Labute approximate surface area is 114 Å². The summed E-state index contributed by atoms with van der Waals surface area (Å²) in [6.07, 6.45) is 8.99. The van der Waals surface area contributed by atoms with Crippen molar-refractivity contribution in [1.82, 2.24) is 0 Å². The lowest BCUT2D eigenvalue weighted by Crippen LogP contribution is -2.33. The Balaban J connectivity index is 2.15. The molecule has 19 heavy (non-hydrogen) atoms. The first-order valence-corrected chi connectivity index (χ1v) is 7.29. The van der Waals surface area contributed by atoms with E-state index in [1.807, 2.05) is 0 Å². The molecular formula is C16H23F2N. The molecule has 1 aromatic rings. The van der Waals surface area contributed by atoms with Crippen LogP contribution in [-0.4, -0.2) is 6.54 Å². The van der Waals surface area contributed by atoms with Gasteiger partial charge in [-0.1, -0.05) is 32.1 Å². The van der Waals surface area contributed by atoms with Gasteiger partial charge < -0.3 is 5.73 Å². The minimum atomic E-state index is -0.493. The molecule has 1 saturated carbocycles. The van der Waals surface area contributed by atoms with E-state index < -0.39 is 11.6 Å². The van der Waals surface area contributed by atoms with Crippen molar-refractivity contribution in [1.29, 1.82) is 0 Å². The summed E-state index contributed by atoms with van der Waals surface area (Å²) in [5.41, 5.74) is 6.76. The Morgan fingerprint density at radius 3 is 1.95 bits per heavy atom. The Morgan fingerprint density at radius 1 is 0.895 bits per heavy atom. The van der Waals surface area contributed by atoms with Crippen molar-refractivity contribution >= 4 is 0 Å². The Morgan fingerprint density at radius 2 is 1.42 bits per heavy atom. The van der Waals surface area contributed by atoms with Crippen LogP contribution in [0.4, 0.5) is 8.78 Å². The van der Waals surface area contributed by atoms with Crippen molar-refractivity contribution in [3.8, 4) is 0 Å².